The van der Waals surface area contributed by atoms with E-state index in [-0.39, 0.29) is 35.8 Å². The van der Waals surface area contributed by atoms with E-state index in [0.29, 0.717) is 12.8 Å². The van der Waals surface area contributed by atoms with Crippen molar-refractivity contribution in [3.05, 3.63) is 59.7 Å². The van der Waals surface area contributed by atoms with E-state index in [1.54, 1.807) is 24.3 Å². The number of benzene rings is 2. The monoisotopic (exact) mass is 426 g/mol. The van der Waals surface area contributed by atoms with Crippen molar-refractivity contribution < 1.29 is 33.4 Å². The number of carbonyl (C=O) groups is 4. The Morgan fingerprint density at radius 2 is 1.03 bits per heavy atom. The lowest BCUT2D eigenvalue weighted by molar-refractivity contribution is -0.138. The third kappa shape index (κ3) is 6.77. The second-order valence-electron chi connectivity index (χ2n) is 6.73. The summed E-state index contributed by atoms with van der Waals surface area (Å²) in [6.45, 7) is 4.19. The predicted molar refractivity (Wildman–Crippen MR) is 113 cm³/mol. The van der Waals surface area contributed by atoms with Crippen molar-refractivity contribution in [1.29, 1.82) is 0 Å². The lowest BCUT2D eigenvalue weighted by Gasteiger charge is -2.13. The van der Waals surface area contributed by atoms with E-state index < -0.39 is 23.5 Å². The highest BCUT2D eigenvalue weighted by molar-refractivity contribution is 6.42. The second-order valence-corrected chi connectivity index (χ2v) is 6.73. The van der Waals surface area contributed by atoms with Gasteiger partial charge in [-0.2, -0.15) is 0 Å². The molecule has 0 aliphatic rings. The first-order valence-electron chi connectivity index (χ1n) is 10.3. The molecular formula is C24H26O7. The van der Waals surface area contributed by atoms with Gasteiger partial charge in [-0.1, -0.05) is 51.0 Å². The molecule has 31 heavy (non-hydrogen) atoms. The molecule has 164 valence electrons. The number of unbranched alkanes of at least 4 members (excludes halogenated alkanes) is 2. The Morgan fingerprint density at radius 3 is 1.42 bits per heavy atom. The number of para-hydroxylation sites is 2. The van der Waals surface area contributed by atoms with Crippen molar-refractivity contribution in [2.75, 3.05) is 13.2 Å². The number of hydrogen-bond donors (Lipinski definition) is 0. The van der Waals surface area contributed by atoms with E-state index in [0.717, 1.165) is 12.8 Å². The molecular weight excluding hydrogens is 400 g/mol. The minimum Gasteiger partial charge on any atom is -0.460 e. The highest BCUT2D eigenvalue weighted by atomic mass is 16.5. The highest BCUT2D eigenvalue weighted by Gasteiger charge is 2.25. The topological polar surface area (TPSA) is 96.0 Å². The molecule has 0 saturated heterocycles. The summed E-state index contributed by atoms with van der Waals surface area (Å²) in [5, 5.41) is 0. The number of ketones is 2. The molecule has 0 atom stereocenters. The number of Topliss-reactive ketones (excluding diaryl/α,β-unsaturated/α-hetero) is 2. The maximum Gasteiger partial charge on any atom is 0.379 e. The molecule has 0 aliphatic carbocycles. The summed E-state index contributed by atoms with van der Waals surface area (Å²) in [7, 11) is 0. The summed E-state index contributed by atoms with van der Waals surface area (Å²) in [6.07, 6.45) is 2.96. The molecule has 0 fully saturated rings. The summed E-state index contributed by atoms with van der Waals surface area (Å²) < 4.78 is 15.7. The fourth-order valence-corrected chi connectivity index (χ4v) is 2.57. The molecule has 0 amide bonds. The first kappa shape index (κ1) is 23.8. The summed E-state index contributed by atoms with van der Waals surface area (Å²) in [4.78, 5) is 49.2. The lowest BCUT2D eigenvalue weighted by atomic mass is 10.1. The number of carbonyl (C=O) groups excluding carboxylic acids is 4. The van der Waals surface area contributed by atoms with Gasteiger partial charge in [-0.05, 0) is 37.1 Å². The zero-order chi connectivity index (χ0) is 22.6. The molecule has 7 heteroatoms. The minimum atomic E-state index is -0.978. The minimum absolute atomic E-state index is 0.00299. The van der Waals surface area contributed by atoms with Gasteiger partial charge in [0.25, 0.3) is 11.6 Å². The third-order valence-electron chi connectivity index (χ3n) is 4.32. The maximum atomic E-state index is 12.5. The molecule has 2 rings (SSSR count). The predicted octanol–water partition coefficient (Wildman–Crippen LogP) is 4.53. The van der Waals surface area contributed by atoms with Crippen LogP contribution in [0.25, 0.3) is 0 Å². The van der Waals surface area contributed by atoms with Crippen LogP contribution in [0.15, 0.2) is 48.5 Å². The van der Waals surface area contributed by atoms with Gasteiger partial charge in [0.1, 0.15) is 11.5 Å². The highest BCUT2D eigenvalue weighted by Crippen LogP contribution is 2.29. The Balaban J connectivity index is 2.23. The van der Waals surface area contributed by atoms with Crippen LogP contribution in [-0.4, -0.2) is 36.7 Å². The van der Waals surface area contributed by atoms with Crippen molar-refractivity contribution in [3.8, 4) is 11.5 Å². The number of esters is 2. The molecule has 2 aromatic carbocycles. The summed E-state index contributed by atoms with van der Waals surface area (Å²) in [5.74, 6) is -3.52. The summed E-state index contributed by atoms with van der Waals surface area (Å²) >= 11 is 0. The van der Waals surface area contributed by atoms with Crippen molar-refractivity contribution in [2.24, 2.45) is 0 Å². The van der Waals surface area contributed by atoms with Crippen LogP contribution in [0.3, 0.4) is 0 Å². The third-order valence-corrected chi connectivity index (χ3v) is 4.32. The van der Waals surface area contributed by atoms with Crippen molar-refractivity contribution in [3.63, 3.8) is 0 Å². The lowest BCUT2D eigenvalue weighted by Crippen LogP contribution is -2.20. The van der Waals surface area contributed by atoms with Gasteiger partial charge in [0.15, 0.2) is 0 Å². The molecule has 0 unspecified atom stereocenters. The molecule has 0 saturated carbocycles. The Labute approximate surface area is 181 Å². The van der Waals surface area contributed by atoms with Gasteiger partial charge >= 0.3 is 11.9 Å². The summed E-state index contributed by atoms with van der Waals surface area (Å²) in [5.41, 5.74) is -0.00598. The molecule has 0 bridgehead atoms. The van der Waals surface area contributed by atoms with Crippen LogP contribution >= 0.6 is 0 Å². The van der Waals surface area contributed by atoms with Crippen LogP contribution < -0.4 is 4.74 Å². The Morgan fingerprint density at radius 1 is 0.645 bits per heavy atom. The average molecular weight is 426 g/mol. The molecule has 0 heterocycles. The first-order valence-corrected chi connectivity index (χ1v) is 10.3. The van der Waals surface area contributed by atoms with Crippen LogP contribution in [0.4, 0.5) is 0 Å². The van der Waals surface area contributed by atoms with E-state index in [2.05, 4.69) is 0 Å². The maximum absolute atomic E-state index is 12.5. The van der Waals surface area contributed by atoms with Gasteiger partial charge in [-0.3, -0.25) is 9.59 Å². The largest absolute Gasteiger partial charge is 0.460 e. The average Bonchev–Trinajstić information content (AvgIpc) is 2.79. The molecule has 0 radical (unpaired) electrons. The Bertz CT molecular complexity index is 858. The number of hydrogen-bond acceptors (Lipinski definition) is 7. The molecule has 0 aliphatic heterocycles. The first-order chi connectivity index (χ1) is 15.0. The Hall–Kier alpha value is -3.48. The van der Waals surface area contributed by atoms with Crippen molar-refractivity contribution in [1.82, 2.24) is 0 Å². The van der Waals surface area contributed by atoms with E-state index in [1.165, 1.54) is 24.3 Å². The van der Waals surface area contributed by atoms with Gasteiger partial charge in [-0.15, -0.1) is 0 Å². The van der Waals surface area contributed by atoms with Crippen LogP contribution in [0.1, 0.15) is 60.2 Å². The summed E-state index contributed by atoms with van der Waals surface area (Å²) in [6, 6.07) is 12.3. The van der Waals surface area contributed by atoms with Crippen LogP contribution in [0, 0.1) is 0 Å². The smallest absolute Gasteiger partial charge is 0.379 e. The number of rotatable bonds is 12. The van der Waals surface area contributed by atoms with Gasteiger partial charge in [0, 0.05) is 0 Å². The van der Waals surface area contributed by atoms with Gasteiger partial charge in [0.05, 0.1) is 24.3 Å². The van der Waals surface area contributed by atoms with Gasteiger partial charge in [-0.25, -0.2) is 9.59 Å². The fraction of sp³-hybridized carbons (Fsp3) is 0.333. The standard InChI is InChI=1S/C24H26O7/c1-3-5-15-29-23(27)21(25)17-11-7-9-13-19(17)31-20-14-10-8-12-18(20)22(26)24(28)30-16-6-4-2/h7-14H,3-6,15-16H2,1-2H3. The van der Waals surface area contributed by atoms with Gasteiger partial charge in [0.2, 0.25) is 0 Å². The van der Waals surface area contributed by atoms with E-state index in [4.69, 9.17) is 14.2 Å². The molecule has 0 aromatic heterocycles. The fourth-order valence-electron chi connectivity index (χ4n) is 2.57. The normalized spacial score (nSPS) is 10.3. The van der Waals surface area contributed by atoms with E-state index >= 15 is 0 Å². The van der Waals surface area contributed by atoms with Crippen LogP contribution in [0.2, 0.25) is 0 Å². The van der Waals surface area contributed by atoms with Crippen molar-refractivity contribution >= 4 is 23.5 Å². The zero-order valence-corrected chi connectivity index (χ0v) is 17.7. The van der Waals surface area contributed by atoms with E-state index in [9.17, 15) is 19.2 Å². The zero-order valence-electron chi connectivity index (χ0n) is 17.7. The molecule has 0 N–H and O–H groups in total. The molecule has 0 spiro atoms. The molecule has 7 nitrogen and oxygen atoms in total. The quantitative estimate of drug-likeness (QED) is 0.213. The van der Waals surface area contributed by atoms with Gasteiger partial charge < -0.3 is 14.2 Å². The second kappa shape index (κ2) is 12.3. The van der Waals surface area contributed by atoms with Crippen LogP contribution in [0.5, 0.6) is 11.5 Å². The van der Waals surface area contributed by atoms with E-state index in [1.807, 2.05) is 13.8 Å². The van der Waals surface area contributed by atoms with Crippen molar-refractivity contribution in [2.45, 2.75) is 39.5 Å². The van der Waals surface area contributed by atoms with Crippen LogP contribution in [-0.2, 0) is 19.1 Å². The SMILES string of the molecule is CCCCOC(=O)C(=O)c1ccccc1Oc1ccccc1C(=O)C(=O)OCCCC. The Kier molecular flexibility index (Phi) is 9.42. The molecule has 2 aromatic rings. The number of ether oxygens (including phenoxy) is 3.